The molecule has 0 atom stereocenters. The number of nitrogens with one attached hydrogen (secondary N) is 1. The molecular formula is C9H20ClNS. The molecule has 1 nitrogen and oxygen atoms in total. The molecule has 12 heavy (non-hydrogen) atoms. The maximum Gasteiger partial charge on any atom is 0.0286 e. The zero-order valence-corrected chi connectivity index (χ0v) is 9.89. The Bertz CT molecular complexity index is 107. The standard InChI is InChI=1S/C9H20ClNS/c1-9(2,7-10)8-11-5-4-6-12-3/h11H,4-8H2,1-3H3. The topological polar surface area (TPSA) is 12.0 Å². The molecule has 0 amide bonds. The van der Waals surface area contributed by atoms with E-state index in [1.165, 1.54) is 12.2 Å². The molecule has 0 rings (SSSR count). The van der Waals surface area contributed by atoms with Gasteiger partial charge < -0.3 is 5.32 Å². The quantitative estimate of drug-likeness (QED) is 0.511. The van der Waals surface area contributed by atoms with Gasteiger partial charge in [0.05, 0.1) is 0 Å². The summed E-state index contributed by atoms with van der Waals surface area (Å²) in [6.45, 7) is 6.50. The highest BCUT2D eigenvalue weighted by molar-refractivity contribution is 7.98. The number of hydrogen-bond donors (Lipinski definition) is 1. The van der Waals surface area contributed by atoms with E-state index in [4.69, 9.17) is 11.6 Å². The van der Waals surface area contributed by atoms with Crippen LogP contribution >= 0.6 is 23.4 Å². The summed E-state index contributed by atoms with van der Waals surface area (Å²) in [5.41, 5.74) is 0.237. The highest BCUT2D eigenvalue weighted by Gasteiger charge is 2.14. The minimum absolute atomic E-state index is 0.237. The molecule has 0 saturated carbocycles. The molecule has 0 radical (unpaired) electrons. The first-order valence-electron chi connectivity index (χ1n) is 4.38. The summed E-state index contributed by atoms with van der Waals surface area (Å²) in [7, 11) is 0. The lowest BCUT2D eigenvalue weighted by Gasteiger charge is -2.21. The summed E-state index contributed by atoms with van der Waals surface area (Å²) in [6.07, 6.45) is 3.39. The van der Waals surface area contributed by atoms with Crippen LogP contribution in [-0.2, 0) is 0 Å². The highest BCUT2D eigenvalue weighted by Crippen LogP contribution is 2.14. The van der Waals surface area contributed by atoms with Gasteiger partial charge in [0.2, 0.25) is 0 Å². The molecule has 0 aliphatic carbocycles. The first-order valence-corrected chi connectivity index (χ1v) is 6.31. The van der Waals surface area contributed by atoms with Gasteiger partial charge in [0.1, 0.15) is 0 Å². The van der Waals surface area contributed by atoms with E-state index < -0.39 is 0 Å². The molecule has 0 bridgehead atoms. The van der Waals surface area contributed by atoms with E-state index in [9.17, 15) is 0 Å². The van der Waals surface area contributed by atoms with Crippen LogP contribution in [0.5, 0.6) is 0 Å². The summed E-state index contributed by atoms with van der Waals surface area (Å²) >= 11 is 7.69. The van der Waals surface area contributed by atoms with Gasteiger partial charge in [-0.2, -0.15) is 11.8 Å². The van der Waals surface area contributed by atoms with Crippen molar-refractivity contribution in [3.63, 3.8) is 0 Å². The van der Waals surface area contributed by atoms with Crippen LogP contribution < -0.4 is 5.32 Å². The Morgan fingerprint density at radius 1 is 1.42 bits per heavy atom. The van der Waals surface area contributed by atoms with Gasteiger partial charge in [0.15, 0.2) is 0 Å². The van der Waals surface area contributed by atoms with Gasteiger partial charge in [-0.25, -0.2) is 0 Å². The third-order valence-corrected chi connectivity index (χ3v) is 3.09. The van der Waals surface area contributed by atoms with Crippen molar-refractivity contribution in [3.05, 3.63) is 0 Å². The number of alkyl halides is 1. The molecule has 74 valence electrons. The molecule has 1 N–H and O–H groups in total. The van der Waals surface area contributed by atoms with Crippen LogP contribution in [-0.4, -0.2) is 31.0 Å². The van der Waals surface area contributed by atoms with Crippen molar-refractivity contribution in [2.75, 3.05) is 31.0 Å². The molecule has 3 heteroatoms. The summed E-state index contributed by atoms with van der Waals surface area (Å²) < 4.78 is 0. The zero-order chi connectivity index (χ0) is 9.45. The molecule has 0 aromatic heterocycles. The van der Waals surface area contributed by atoms with Crippen LogP contribution in [0.4, 0.5) is 0 Å². The van der Waals surface area contributed by atoms with E-state index in [0.29, 0.717) is 0 Å². The molecule has 0 unspecified atom stereocenters. The smallest absolute Gasteiger partial charge is 0.0286 e. The lowest BCUT2D eigenvalue weighted by molar-refractivity contribution is 0.387. The summed E-state index contributed by atoms with van der Waals surface area (Å²) in [4.78, 5) is 0. The van der Waals surface area contributed by atoms with Gasteiger partial charge in [0, 0.05) is 12.4 Å². The highest BCUT2D eigenvalue weighted by atomic mass is 35.5. The van der Waals surface area contributed by atoms with Gasteiger partial charge in [0.25, 0.3) is 0 Å². The monoisotopic (exact) mass is 209 g/mol. The second-order valence-electron chi connectivity index (χ2n) is 3.82. The van der Waals surface area contributed by atoms with Crippen molar-refractivity contribution < 1.29 is 0 Å². The van der Waals surface area contributed by atoms with Crippen molar-refractivity contribution in [1.29, 1.82) is 0 Å². The van der Waals surface area contributed by atoms with Crippen molar-refractivity contribution in [2.45, 2.75) is 20.3 Å². The van der Waals surface area contributed by atoms with Crippen molar-refractivity contribution in [1.82, 2.24) is 5.32 Å². The second kappa shape index (κ2) is 7.05. The van der Waals surface area contributed by atoms with Gasteiger partial charge in [-0.3, -0.25) is 0 Å². The van der Waals surface area contributed by atoms with Crippen LogP contribution in [0.2, 0.25) is 0 Å². The largest absolute Gasteiger partial charge is 0.316 e. The van der Waals surface area contributed by atoms with Crippen molar-refractivity contribution in [3.8, 4) is 0 Å². The average molecular weight is 210 g/mol. The fourth-order valence-corrected chi connectivity index (χ4v) is 1.34. The molecule has 0 aliphatic rings. The Labute approximate surface area is 85.6 Å². The lowest BCUT2D eigenvalue weighted by Crippen LogP contribution is -2.31. The maximum absolute atomic E-state index is 5.79. The van der Waals surface area contributed by atoms with E-state index in [1.54, 1.807) is 0 Å². The third kappa shape index (κ3) is 7.26. The summed E-state index contributed by atoms with van der Waals surface area (Å²) in [5.74, 6) is 1.97. The van der Waals surface area contributed by atoms with Gasteiger partial charge in [-0.1, -0.05) is 13.8 Å². The number of thioether (sulfide) groups is 1. The molecule has 0 fully saturated rings. The second-order valence-corrected chi connectivity index (χ2v) is 5.07. The average Bonchev–Trinajstić information content (AvgIpc) is 2.04. The predicted molar refractivity (Wildman–Crippen MR) is 60.4 cm³/mol. The summed E-state index contributed by atoms with van der Waals surface area (Å²) in [5, 5.41) is 3.41. The Hall–Kier alpha value is 0.600. The van der Waals surface area contributed by atoms with Crippen LogP contribution in [0.25, 0.3) is 0 Å². The SMILES string of the molecule is CSCCCNCC(C)(C)CCl. The first kappa shape index (κ1) is 12.6. The van der Waals surface area contributed by atoms with E-state index in [-0.39, 0.29) is 5.41 Å². The molecule has 0 saturated heterocycles. The van der Waals surface area contributed by atoms with Crippen molar-refractivity contribution in [2.24, 2.45) is 5.41 Å². The first-order chi connectivity index (χ1) is 5.62. The van der Waals surface area contributed by atoms with Crippen LogP contribution in [0.1, 0.15) is 20.3 Å². The Balaban J connectivity index is 3.19. The Morgan fingerprint density at radius 3 is 2.58 bits per heavy atom. The van der Waals surface area contributed by atoms with Gasteiger partial charge >= 0.3 is 0 Å². The van der Waals surface area contributed by atoms with Crippen LogP contribution in [0.15, 0.2) is 0 Å². The maximum atomic E-state index is 5.79. The molecule has 0 aromatic rings. The van der Waals surface area contributed by atoms with Crippen LogP contribution in [0, 0.1) is 5.41 Å². The van der Waals surface area contributed by atoms with Gasteiger partial charge in [-0.15, -0.1) is 11.6 Å². The minimum atomic E-state index is 0.237. The van der Waals surface area contributed by atoms with E-state index in [2.05, 4.69) is 25.4 Å². The number of halogens is 1. The minimum Gasteiger partial charge on any atom is -0.316 e. The van der Waals surface area contributed by atoms with Crippen LogP contribution in [0.3, 0.4) is 0 Å². The fraction of sp³-hybridized carbons (Fsp3) is 1.00. The lowest BCUT2D eigenvalue weighted by atomic mass is 9.97. The molecule has 0 aromatic carbocycles. The number of hydrogen-bond acceptors (Lipinski definition) is 2. The summed E-state index contributed by atoms with van der Waals surface area (Å²) in [6, 6.07) is 0. The van der Waals surface area contributed by atoms with E-state index in [1.807, 2.05) is 11.8 Å². The predicted octanol–water partition coefficient (Wildman–Crippen LogP) is 2.59. The molecule has 0 aliphatic heterocycles. The van der Waals surface area contributed by atoms with E-state index in [0.717, 1.165) is 19.0 Å². The molecular weight excluding hydrogens is 190 g/mol. The Morgan fingerprint density at radius 2 is 2.08 bits per heavy atom. The fourth-order valence-electron chi connectivity index (χ4n) is 0.816. The normalized spacial score (nSPS) is 12.0. The van der Waals surface area contributed by atoms with Gasteiger partial charge in [-0.05, 0) is 30.4 Å². The van der Waals surface area contributed by atoms with E-state index >= 15 is 0 Å². The molecule has 0 heterocycles. The third-order valence-electron chi connectivity index (χ3n) is 1.67. The van der Waals surface area contributed by atoms with Crippen molar-refractivity contribution >= 4 is 23.4 Å². The molecule has 0 spiro atoms. The Kier molecular flexibility index (Phi) is 7.40. The number of rotatable bonds is 7. The zero-order valence-electron chi connectivity index (χ0n) is 8.32.